The Morgan fingerprint density at radius 1 is 1.46 bits per heavy atom. The molecule has 13 heavy (non-hydrogen) atoms. The zero-order chi connectivity index (χ0) is 10.1. The summed E-state index contributed by atoms with van der Waals surface area (Å²) in [5, 5.41) is 8.75. The third-order valence-electron chi connectivity index (χ3n) is 1.82. The molecule has 0 bridgehead atoms. The van der Waals surface area contributed by atoms with E-state index in [4.69, 9.17) is 11.0 Å². The van der Waals surface area contributed by atoms with Crippen LogP contribution in [0.1, 0.15) is 32.0 Å². The summed E-state index contributed by atoms with van der Waals surface area (Å²) >= 11 is 0. The average Bonchev–Trinajstić information content (AvgIpc) is 2.02. The van der Waals surface area contributed by atoms with Crippen molar-refractivity contribution in [1.29, 1.82) is 5.26 Å². The monoisotopic (exact) mass is 175 g/mol. The molecule has 0 atom stereocenters. The minimum atomic E-state index is -0.114. The molecule has 0 aromatic carbocycles. The Morgan fingerprint density at radius 3 is 2.54 bits per heavy atom. The zero-order valence-corrected chi connectivity index (χ0v) is 8.13. The topological polar surface area (TPSA) is 62.7 Å². The van der Waals surface area contributed by atoms with Crippen molar-refractivity contribution < 1.29 is 0 Å². The van der Waals surface area contributed by atoms with Crippen molar-refractivity contribution in [2.75, 3.05) is 5.73 Å². The maximum absolute atomic E-state index is 8.75. The highest BCUT2D eigenvalue weighted by Gasteiger charge is 2.19. The molecule has 3 nitrogen and oxygen atoms in total. The van der Waals surface area contributed by atoms with Crippen molar-refractivity contribution in [2.24, 2.45) is 0 Å². The van der Waals surface area contributed by atoms with Gasteiger partial charge >= 0.3 is 0 Å². The fourth-order valence-corrected chi connectivity index (χ4v) is 1.17. The second kappa shape index (κ2) is 3.06. The number of hydrogen-bond donors (Lipinski definition) is 1. The molecule has 0 spiro atoms. The van der Waals surface area contributed by atoms with Crippen LogP contribution in [0.3, 0.4) is 0 Å². The van der Waals surface area contributed by atoms with E-state index in [0.717, 1.165) is 5.69 Å². The van der Waals surface area contributed by atoms with Crippen molar-refractivity contribution in [2.45, 2.75) is 26.2 Å². The van der Waals surface area contributed by atoms with Crippen molar-refractivity contribution >= 4 is 5.69 Å². The molecule has 1 aromatic heterocycles. The first kappa shape index (κ1) is 9.53. The van der Waals surface area contributed by atoms with Gasteiger partial charge in [0.1, 0.15) is 6.07 Å². The van der Waals surface area contributed by atoms with Crippen LogP contribution in [0.25, 0.3) is 0 Å². The number of rotatable bonds is 0. The lowest BCUT2D eigenvalue weighted by Crippen LogP contribution is -2.16. The van der Waals surface area contributed by atoms with Gasteiger partial charge in [-0.05, 0) is 6.07 Å². The first-order valence-corrected chi connectivity index (χ1v) is 4.12. The van der Waals surface area contributed by atoms with E-state index in [9.17, 15) is 0 Å². The quantitative estimate of drug-likeness (QED) is 0.654. The average molecular weight is 175 g/mol. The molecular formula is C10H13N3. The van der Waals surface area contributed by atoms with Gasteiger partial charge in [0.2, 0.25) is 0 Å². The summed E-state index contributed by atoms with van der Waals surface area (Å²) in [7, 11) is 0. The van der Waals surface area contributed by atoms with E-state index in [1.807, 2.05) is 26.8 Å². The van der Waals surface area contributed by atoms with Crippen molar-refractivity contribution in [1.82, 2.24) is 4.98 Å². The molecule has 0 amide bonds. The van der Waals surface area contributed by atoms with E-state index in [0.29, 0.717) is 11.3 Å². The van der Waals surface area contributed by atoms with Gasteiger partial charge in [-0.15, -0.1) is 0 Å². The molecule has 0 fully saturated rings. The van der Waals surface area contributed by atoms with E-state index >= 15 is 0 Å². The minimum Gasteiger partial charge on any atom is -0.396 e. The number of nitrogen functional groups attached to an aromatic ring is 1. The maximum atomic E-state index is 8.75. The van der Waals surface area contributed by atoms with Gasteiger partial charge in [0.25, 0.3) is 0 Å². The van der Waals surface area contributed by atoms with Gasteiger partial charge in [-0.2, -0.15) is 5.26 Å². The molecule has 2 N–H and O–H groups in total. The highest BCUT2D eigenvalue weighted by Crippen LogP contribution is 2.27. The third-order valence-corrected chi connectivity index (χ3v) is 1.82. The number of pyridine rings is 1. The second-order valence-corrected chi connectivity index (χ2v) is 3.98. The van der Waals surface area contributed by atoms with Gasteiger partial charge in [0.15, 0.2) is 0 Å². The Morgan fingerprint density at radius 2 is 2.08 bits per heavy atom. The van der Waals surface area contributed by atoms with Crippen LogP contribution in [0, 0.1) is 11.3 Å². The summed E-state index contributed by atoms with van der Waals surface area (Å²) in [5.41, 5.74) is 7.46. The van der Waals surface area contributed by atoms with Gasteiger partial charge < -0.3 is 5.73 Å². The zero-order valence-electron chi connectivity index (χ0n) is 8.13. The van der Waals surface area contributed by atoms with Crippen molar-refractivity contribution in [3.63, 3.8) is 0 Å². The van der Waals surface area contributed by atoms with Gasteiger partial charge in [-0.1, -0.05) is 20.8 Å². The van der Waals surface area contributed by atoms with Gasteiger partial charge in [-0.3, -0.25) is 4.98 Å². The summed E-state index contributed by atoms with van der Waals surface area (Å²) in [4.78, 5) is 4.18. The normalized spacial score (nSPS) is 10.9. The molecule has 0 radical (unpaired) electrons. The Kier molecular flexibility index (Phi) is 2.24. The number of nitrogens with two attached hydrogens (primary N) is 1. The predicted octanol–water partition coefficient (Wildman–Crippen LogP) is 1.83. The number of anilines is 1. The maximum Gasteiger partial charge on any atom is 0.101 e. The fraction of sp³-hybridized carbons (Fsp3) is 0.400. The number of nitrogens with zero attached hydrogens (tertiary/aromatic N) is 2. The van der Waals surface area contributed by atoms with Crippen LogP contribution in [0.2, 0.25) is 0 Å². The molecule has 3 heteroatoms. The van der Waals surface area contributed by atoms with Gasteiger partial charge in [0, 0.05) is 11.6 Å². The summed E-state index contributed by atoms with van der Waals surface area (Å²) in [6.07, 6.45) is 1.62. The first-order valence-electron chi connectivity index (χ1n) is 4.12. The Labute approximate surface area is 78.2 Å². The lowest BCUT2D eigenvalue weighted by atomic mass is 9.89. The smallest absolute Gasteiger partial charge is 0.101 e. The second-order valence-electron chi connectivity index (χ2n) is 3.98. The fourth-order valence-electron chi connectivity index (χ4n) is 1.17. The molecule has 1 aromatic rings. The Hall–Kier alpha value is -1.56. The molecule has 1 heterocycles. The van der Waals surface area contributed by atoms with Crippen LogP contribution in [-0.4, -0.2) is 4.98 Å². The molecule has 0 saturated heterocycles. The number of aromatic nitrogens is 1. The molecular weight excluding hydrogens is 162 g/mol. The molecule has 0 unspecified atom stereocenters. The van der Waals surface area contributed by atoms with E-state index in [-0.39, 0.29) is 5.41 Å². The minimum absolute atomic E-state index is 0.114. The SMILES string of the molecule is CC(C)(C)c1nccc(C#N)c1N. The first-order chi connectivity index (χ1) is 5.96. The molecule has 0 saturated carbocycles. The summed E-state index contributed by atoms with van der Waals surface area (Å²) < 4.78 is 0. The number of hydrogen-bond acceptors (Lipinski definition) is 3. The summed E-state index contributed by atoms with van der Waals surface area (Å²) in [6.45, 7) is 6.06. The highest BCUT2D eigenvalue weighted by atomic mass is 14.8. The van der Waals surface area contributed by atoms with E-state index < -0.39 is 0 Å². The van der Waals surface area contributed by atoms with Gasteiger partial charge in [-0.25, -0.2) is 0 Å². The lowest BCUT2D eigenvalue weighted by molar-refractivity contribution is 0.571. The molecule has 68 valence electrons. The van der Waals surface area contributed by atoms with E-state index in [1.54, 1.807) is 12.3 Å². The molecule has 0 aliphatic carbocycles. The van der Waals surface area contributed by atoms with Crippen LogP contribution in [-0.2, 0) is 5.41 Å². The number of nitriles is 1. The summed E-state index contributed by atoms with van der Waals surface area (Å²) in [6, 6.07) is 3.67. The Bertz CT molecular complexity index is 355. The standard InChI is InChI=1S/C10H13N3/c1-10(2,3)9-8(12)7(6-11)4-5-13-9/h4-5H,12H2,1-3H3. The van der Waals surface area contributed by atoms with Crippen molar-refractivity contribution in [3.8, 4) is 6.07 Å². The molecule has 0 aliphatic heterocycles. The van der Waals surface area contributed by atoms with Crippen LogP contribution in [0.15, 0.2) is 12.3 Å². The third kappa shape index (κ3) is 1.78. The van der Waals surface area contributed by atoms with E-state index in [2.05, 4.69) is 4.98 Å². The Balaban J connectivity index is 3.34. The summed E-state index contributed by atoms with van der Waals surface area (Å²) in [5.74, 6) is 0. The predicted molar refractivity (Wildman–Crippen MR) is 52.1 cm³/mol. The van der Waals surface area contributed by atoms with Crippen LogP contribution < -0.4 is 5.73 Å². The van der Waals surface area contributed by atoms with Crippen molar-refractivity contribution in [3.05, 3.63) is 23.5 Å². The highest BCUT2D eigenvalue weighted by molar-refractivity contribution is 5.58. The van der Waals surface area contributed by atoms with Gasteiger partial charge in [0.05, 0.1) is 16.9 Å². The van der Waals surface area contributed by atoms with Crippen LogP contribution in [0.5, 0.6) is 0 Å². The molecule has 1 rings (SSSR count). The lowest BCUT2D eigenvalue weighted by Gasteiger charge is -2.19. The van der Waals surface area contributed by atoms with Crippen LogP contribution in [0.4, 0.5) is 5.69 Å². The van der Waals surface area contributed by atoms with Crippen LogP contribution >= 0.6 is 0 Å². The largest absolute Gasteiger partial charge is 0.396 e. The van der Waals surface area contributed by atoms with E-state index in [1.165, 1.54) is 0 Å². The molecule has 0 aliphatic rings.